The molecule has 0 fully saturated rings. The lowest BCUT2D eigenvalue weighted by Gasteiger charge is -2.06. The first-order valence-electron chi connectivity index (χ1n) is 7.96. The first-order chi connectivity index (χ1) is 11.7. The van der Waals surface area contributed by atoms with Crippen LogP contribution in [0.1, 0.15) is 17.5 Å². The van der Waals surface area contributed by atoms with Crippen LogP contribution in [0.4, 0.5) is 0 Å². The third kappa shape index (κ3) is 4.13. The number of oxazole rings is 1. The summed E-state index contributed by atoms with van der Waals surface area (Å²) in [5.41, 5.74) is 3.87. The molecule has 0 spiro atoms. The van der Waals surface area contributed by atoms with Gasteiger partial charge in [-0.05, 0) is 48.2 Å². The van der Waals surface area contributed by atoms with Gasteiger partial charge in [0, 0.05) is 13.0 Å². The summed E-state index contributed by atoms with van der Waals surface area (Å²) in [6.07, 6.45) is 3.41. The molecular formula is C19H20N2O3. The van der Waals surface area contributed by atoms with Gasteiger partial charge in [-0.15, -0.1) is 0 Å². The van der Waals surface area contributed by atoms with Crippen molar-refractivity contribution in [3.8, 4) is 5.75 Å². The van der Waals surface area contributed by atoms with Crippen molar-refractivity contribution in [2.45, 2.75) is 19.3 Å². The number of nitrogens with zero attached hydrogens (tertiary/aromatic N) is 1. The molecular weight excluding hydrogens is 304 g/mol. The summed E-state index contributed by atoms with van der Waals surface area (Å²) in [5, 5.41) is 2.96. The maximum atomic E-state index is 11.9. The summed E-state index contributed by atoms with van der Waals surface area (Å²) in [7, 11) is 1.64. The van der Waals surface area contributed by atoms with E-state index in [0.29, 0.717) is 13.0 Å². The number of carbonyl (C=O) groups excluding carboxylic acids is 1. The number of hydrogen-bond acceptors (Lipinski definition) is 4. The zero-order valence-corrected chi connectivity index (χ0v) is 13.6. The van der Waals surface area contributed by atoms with Crippen LogP contribution in [0.2, 0.25) is 0 Å². The number of benzene rings is 2. The first-order valence-corrected chi connectivity index (χ1v) is 7.96. The second kappa shape index (κ2) is 7.64. The summed E-state index contributed by atoms with van der Waals surface area (Å²) in [5.74, 6) is 0.887. The molecule has 1 aromatic heterocycles. The highest BCUT2D eigenvalue weighted by Crippen LogP contribution is 2.14. The number of rotatable bonds is 7. The second-order valence-electron chi connectivity index (χ2n) is 5.60. The predicted molar refractivity (Wildman–Crippen MR) is 92.0 cm³/mol. The quantitative estimate of drug-likeness (QED) is 0.725. The fourth-order valence-electron chi connectivity index (χ4n) is 2.54. The standard InChI is InChI=1S/C19H20N2O3/c1-23-16-6-2-14(3-7-16)5-9-19(22)20-11-10-15-4-8-17-18(12-15)24-13-21-17/h2-4,6-8,12-13H,5,9-11H2,1H3,(H,20,22). The average Bonchev–Trinajstić information content (AvgIpc) is 3.08. The van der Waals surface area contributed by atoms with Gasteiger partial charge in [-0.2, -0.15) is 0 Å². The molecule has 0 atom stereocenters. The summed E-state index contributed by atoms with van der Waals surface area (Å²) in [6.45, 7) is 0.612. The molecule has 0 aliphatic carbocycles. The van der Waals surface area contributed by atoms with E-state index in [-0.39, 0.29) is 5.91 Å². The molecule has 3 rings (SSSR count). The molecule has 2 aromatic carbocycles. The Morgan fingerprint density at radius 2 is 1.92 bits per heavy atom. The van der Waals surface area contributed by atoms with Gasteiger partial charge < -0.3 is 14.5 Å². The van der Waals surface area contributed by atoms with Crippen molar-refractivity contribution in [2.24, 2.45) is 0 Å². The van der Waals surface area contributed by atoms with Crippen molar-refractivity contribution in [3.05, 3.63) is 60.0 Å². The van der Waals surface area contributed by atoms with Crippen LogP contribution in [0.5, 0.6) is 5.75 Å². The first kappa shape index (κ1) is 16.1. The van der Waals surface area contributed by atoms with Gasteiger partial charge in [0.15, 0.2) is 12.0 Å². The molecule has 0 aliphatic heterocycles. The van der Waals surface area contributed by atoms with Crippen LogP contribution in [0.15, 0.2) is 53.3 Å². The highest BCUT2D eigenvalue weighted by Gasteiger charge is 2.04. The Morgan fingerprint density at radius 3 is 2.71 bits per heavy atom. The fourth-order valence-corrected chi connectivity index (χ4v) is 2.54. The van der Waals surface area contributed by atoms with Crippen molar-refractivity contribution < 1.29 is 13.9 Å². The number of hydrogen-bond donors (Lipinski definition) is 1. The van der Waals surface area contributed by atoms with E-state index in [2.05, 4.69) is 10.3 Å². The number of aromatic nitrogens is 1. The number of amides is 1. The van der Waals surface area contributed by atoms with Crippen LogP contribution < -0.4 is 10.1 Å². The number of aryl methyl sites for hydroxylation is 1. The van der Waals surface area contributed by atoms with E-state index in [4.69, 9.17) is 9.15 Å². The Labute approximate surface area is 140 Å². The Bertz CT molecular complexity index is 809. The Hall–Kier alpha value is -2.82. The lowest BCUT2D eigenvalue weighted by molar-refractivity contribution is -0.121. The molecule has 1 amide bonds. The van der Waals surface area contributed by atoms with E-state index in [1.165, 1.54) is 6.39 Å². The number of nitrogens with one attached hydrogen (secondary N) is 1. The molecule has 0 saturated carbocycles. The van der Waals surface area contributed by atoms with E-state index >= 15 is 0 Å². The number of fused-ring (bicyclic) bond motifs is 1. The third-order valence-electron chi connectivity index (χ3n) is 3.93. The van der Waals surface area contributed by atoms with Crippen molar-refractivity contribution in [2.75, 3.05) is 13.7 Å². The number of methoxy groups -OCH3 is 1. The summed E-state index contributed by atoms with van der Waals surface area (Å²) >= 11 is 0. The van der Waals surface area contributed by atoms with Gasteiger partial charge >= 0.3 is 0 Å². The molecule has 1 N–H and O–H groups in total. The SMILES string of the molecule is COc1ccc(CCC(=O)NCCc2ccc3ncoc3c2)cc1. The molecule has 0 radical (unpaired) electrons. The van der Waals surface area contributed by atoms with E-state index < -0.39 is 0 Å². The smallest absolute Gasteiger partial charge is 0.220 e. The minimum absolute atomic E-state index is 0.0616. The normalized spacial score (nSPS) is 10.7. The largest absolute Gasteiger partial charge is 0.497 e. The lowest BCUT2D eigenvalue weighted by atomic mass is 10.1. The molecule has 5 nitrogen and oxygen atoms in total. The van der Waals surface area contributed by atoms with E-state index in [1.54, 1.807) is 7.11 Å². The van der Waals surface area contributed by atoms with Gasteiger partial charge in [0.2, 0.25) is 5.91 Å². The van der Waals surface area contributed by atoms with Gasteiger partial charge in [0.05, 0.1) is 7.11 Å². The molecule has 0 aliphatic rings. The average molecular weight is 324 g/mol. The monoisotopic (exact) mass is 324 g/mol. The zero-order chi connectivity index (χ0) is 16.8. The summed E-state index contributed by atoms with van der Waals surface area (Å²) in [6, 6.07) is 13.7. The minimum Gasteiger partial charge on any atom is -0.497 e. The van der Waals surface area contributed by atoms with Gasteiger partial charge in [-0.3, -0.25) is 4.79 Å². The van der Waals surface area contributed by atoms with Crippen LogP contribution in [0.25, 0.3) is 11.1 Å². The second-order valence-corrected chi connectivity index (χ2v) is 5.60. The minimum atomic E-state index is 0.0616. The molecule has 0 unspecified atom stereocenters. The molecule has 5 heteroatoms. The fraction of sp³-hybridized carbons (Fsp3) is 0.263. The predicted octanol–water partition coefficient (Wildman–Crippen LogP) is 3.13. The Morgan fingerprint density at radius 1 is 1.12 bits per heavy atom. The number of carbonyl (C=O) groups is 1. The van der Waals surface area contributed by atoms with Crippen LogP contribution in [-0.4, -0.2) is 24.5 Å². The zero-order valence-electron chi connectivity index (χ0n) is 13.6. The van der Waals surface area contributed by atoms with Gasteiger partial charge in [-0.1, -0.05) is 18.2 Å². The van der Waals surface area contributed by atoms with Crippen molar-refractivity contribution in [3.63, 3.8) is 0 Å². The van der Waals surface area contributed by atoms with Crippen molar-refractivity contribution in [1.82, 2.24) is 10.3 Å². The third-order valence-corrected chi connectivity index (χ3v) is 3.93. The van der Waals surface area contributed by atoms with E-state index in [9.17, 15) is 4.79 Å². The molecule has 124 valence electrons. The molecule has 0 saturated heterocycles. The number of ether oxygens (including phenoxy) is 1. The maximum Gasteiger partial charge on any atom is 0.220 e. The highest BCUT2D eigenvalue weighted by atomic mass is 16.5. The Balaban J connectivity index is 1.41. The van der Waals surface area contributed by atoms with Crippen LogP contribution in [0, 0.1) is 0 Å². The topological polar surface area (TPSA) is 64.4 Å². The molecule has 3 aromatic rings. The summed E-state index contributed by atoms with van der Waals surface area (Å²) in [4.78, 5) is 16.0. The van der Waals surface area contributed by atoms with Crippen molar-refractivity contribution in [1.29, 1.82) is 0 Å². The van der Waals surface area contributed by atoms with Gasteiger partial charge in [0.1, 0.15) is 11.3 Å². The van der Waals surface area contributed by atoms with Crippen molar-refractivity contribution >= 4 is 17.0 Å². The molecule has 1 heterocycles. The highest BCUT2D eigenvalue weighted by molar-refractivity contribution is 5.76. The van der Waals surface area contributed by atoms with E-state index in [1.807, 2.05) is 42.5 Å². The molecule has 24 heavy (non-hydrogen) atoms. The van der Waals surface area contributed by atoms with Crippen LogP contribution >= 0.6 is 0 Å². The Kier molecular flexibility index (Phi) is 5.11. The van der Waals surface area contributed by atoms with Gasteiger partial charge in [-0.25, -0.2) is 4.98 Å². The maximum absolute atomic E-state index is 11.9. The summed E-state index contributed by atoms with van der Waals surface area (Å²) < 4.78 is 10.4. The van der Waals surface area contributed by atoms with Crippen LogP contribution in [0.3, 0.4) is 0 Å². The lowest BCUT2D eigenvalue weighted by Crippen LogP contribution is -2.25. The van der Waals surface area contributed by atoms with E-state index in [0.717, 1.165) is 40.8 Å². The molecule has 0 bridgehead atoms. The van der Waals surface area contributed by atoms with Gasteiger partial charge in [0.25, 0.3) is 0 Å². The van der Waals surface area contributed by atoms with Crippen LogP contribution in [-0.2, 0) is 17.6 Å².